The highest BCUT2D eigenvalue weighted by molar-refractivity contribution is 5.89. The van der Waals surface area contributed by atoms with Crippen LogP contribution in [0.1, 0.15) is 19.3 Å². The summed E-state index contributed by atoms with van der Waals surface area (Å²) in [4.78, 5) is 18.4. The molecule has 2 aromatic heterocycles. The number of halogens is 1. The summed E-state index contributed by atoms with van der Waals surface area (Å²) in [5, 5.41) is 8.20. The topological polar surface area (TPSA) is 89.1 Å². The summed E-state index contributed by atoms with van der Waals surface area (Å²) in [6.45, 7) is 1.94. The molecular formula is C21H23FN6O. The van der Waals surface area contributed by atoms with Gasteiger partial charge in [0.1, 0.15) is 0 Å². The van der Waals surface area contributed by atoms with Crippen molar-refractivity contribution in [2.75, 3.05) is 30.3 Å². The first-order valence-electron chi connectivity index (χ1n) is 9.88. The van der Waals surface area contributed by atoms with Crippen LogP contribution in [0.3, 0.4) is 0 Å². The number of hydrogen-bond acceptors (Lipinski definition) is 5. The highest BCUT2D eigenvalue weighted by atomic mass is 19.1. The first kappa shape index (κ1) is 17.9. The number of pyridine rings is 1. The Balaban J connectivity index is 1.54. The molecule has 0 bridgehead atoms. The van der Waals surface area contributed by atoms with E-state index in [0.29, 0.717) is 37.2 Å². The molecule has 3 N–H and O–H groups in total. The fourth-order valence-corrected chi connectivity index (χ4v) is 4.69. The van der Waals surface area contributed by atoms with Crippen molar-refractivity contribution in [1.29, 1.82) is 0 Å². The number of nitrogens with one attached hydrogen (secondary N) is 1. The van der Waals surface area contributed by atoms with Gasteiger partial charge < -0.3 is 16.0 Å². The monoisotopic (exact) mass is 394 g/mol. The Morgan fingerprint density at radius 2 is 2.00 bits per heavy atom. The number of aryl methyl sites for hydroxylation is 1. The van der Waals surface area contributed by atoms with Crippen molar-refractivity contribution in [2.45, 2.75) is 19.3 Å². The van der Waals surface area contributed by atoms with Gasteiger partial charge in [-0.2, -0.15) is 5.10 Å². The standard InChI is InChI=1S/C21H23FN6O/c1-27-16-3-2-13(10-14(16)11-26-27)15-12-25-19(23)17(22)18(15)28-8-5-21(6-9-28)4-7-24-20(21)29/h2-3,10-12H,4-9H2,1H3,(H2,23,25)(H,24,29). The Morgan fingerprint density at radius 1 is 1.21 bits per heavy atom. The predicted molar refractivity (Wildman–Crippen MR) is 110 cm³/mol. The van der Waals surface area contributed by atoms with Gasteiger partial charge in [-0.25, -0.2) is 9.37 Å². The lowest BCUT2D eigenvalue weighted by atomic mass is 9.77. The summed E-state index contributed by atoms with van der Waals surface area (Å²) < 4.78 is 17.0. The molecule has 29 heavy (non-hydrogen) atoms. The zero-order chi connectivity index (χ0) is 20.2. The molecule has 8 heteroatoms. The molecule has 0 aliphatic carbocycles. The fourth-order valence-electron chi connectivity index (χ4n) is 4.69. The zero-order valence-electron chi connectivity index (χ0n) is 16.3. The molecule has 0 unspecified atom stereocenters. The van der Waals surface area contributed by atoms with E-state index in [4.69, 9.17) is 5.73 Å². The van der Waals surface area contributed by atoms with Crippen LogP contribution in [-0.4, -0.2) is 40.3 Å². The van der Waals surface area contributed by atoms with E-state index >= 15 is 4.39 Å². The SMILES string of the molecule is Cn1ncc2cc(-c3cnc(N)c(F)c3N3CCC4(CCNC4=O)CC3)ccc21. The number of anilines is 2. The molecule has 7 nitrogen and oxygen atoms in total. The van der Waals surface area contributed by atoms with Gasteiger partial charge in [0.25, 0.3) is 0 Å². The van der Waals surface area contributed by atoms with Crippen LogP contribution in [0.25, 0.3) is 22.0 Å². The molecule has 1 amide bonds. The fraction of sp³-hybridized carbons (Fsp3) is 0.381. The third kappa shape index (κ3) is 2.73. The normalized spacial score (nSPS) is 18.6. The van der Waals surface area contributed by atoms with Crippen LogP contribution in [0, 0.1) is 11.2 Å². The van der Waals surface area contributed by atoms with Gasteiger partial charge in [0.05, 0.1) is 22.8 Å². The van der Waals surface area contributed by atoms with Gasteiger partial charge in [-0.15, -0.1) is 0 Å². The van der Waals surface area contributed by atoms with E-state index in [1.54, 1.807) is 17.1 Å². The van der Waals surface area contributed by atoms with Gasteiger partial charge in [0.15, 0.2) is 11.6 Å². The number of fused-ring (bicyclic) bond motifs is 1. The van der Waals surface area contributed by atoms with E-state index in [1.807, 2.05) is 30.1 Å². The summed E-state index contributed by atoms with van der Waals surface area (Å²) in [6, 6.07) is 5.92. The molecule has 5 rings (SSSR count). The van der Waals surface area contributed by atoms with E-state index in [0.717, 1.165) is 29.4 Å². The van der Waals surface area contributed by atoms with Crippen molar-refractivity contribution in [3.63, 3.8) is 0 Å². The minimum Gasteiger partial charge on any atom is -0.381 e. The van der Waals surface area contributed by atoms with Crippen molar-refractivity contribution < 1.29 is 9.18 Å². The summed E-state index contributed by atoms with van der Waals surface area (Å²) in [5.41, 5.74) is 8.55. The van der Waals surface area contributed by atoms with Crippen LogP contribution >= 0.6 is 0 Å². The zero-order valence-corrected chi connectivity index (χ0v) is 16.3. The Kier molecular flexibility index (Phi) is 3.97. The maximum atomic E-state index is 15.2. The van der Waals surface area contributed by atoms with E-state index in [-0.39, 0.29) is 17.1 Å². The summed E-state index contributed by atoms with van der Waals surface area (Å²) in [6.07, 6.45) is 5.70. The average Bonchev–Trinajstić information content (AvgIpc) is 3.27. The molecule has 2 aliphatic heterocycles. The van der Waals surface area contributed by atoms with Gasteiger partial charge >= 0.3 is 0 Å². The largest absolute Gasteiger partial charge is 0.381 e. The minimum absolute atomic E-state index is 0.106. The van der Waals surface area contributed by atoms with Crippen LogP contribution in [-0.2, 0) is 11.8 Å². The summed E-state index contributed by atoms with van der Waals surface area (Å²) in [7, 11) is 1.89. The second kappa shape index (κ2) is 6.43. The van der Waals surface area contributed by atoms with Crippen molar-refractivity contribution >= 4 is 28.3 Å². The lowest BCUT2D eigenvalue weighted by Crippen LogP contribution is -2.44. The third-order valence-electron chi connectivity index (χ3n) is 6.49. The molecule has 1 spiro atoms. The van der Waals surface area contributed by atoms with E-state index in [1.165, 1.54) is 0 Å². The molecule has 150 valence electrons. The third-order valence-corrected chi connectivity index (χ3v) is 6.49. The number of nitrogen functional groups attached to an aromatic ring is 1. The number of amides is 1. The number of aromatic nitrogens is 3. The Bertz CT molecular complexity index is 1120. The van der Waals surface area contributed by atoms with E-state index < -0.39 is 5.82 Å². The van der Waals surface area contributed by atoms with Crippen molar-refractivity contribution in [1.82, 2.24) is 20.1 Å². The Morgan fingerprint density at radius 3 is 2.72 bits per heavy atom. The molecule has 0 saturated carbocycles. The second-order valence-corrected chi connectivity index (χ2v) is 8.03. The quantitative estimate of drug-likeness (QED) is 0.697. The summed E-state index contributed by atoms with van der Waals surface area (Å²) >= 11 is 0. The maximum absolute atomic E-state index is 15.2. The molecule has 1 aromatic carbocycles. The lowest BCUT2D eigenvalue weighted by molar-refractivity contribution is -0.128. The van der Waals surface area contributed by atoms with Crippen molar-refractivity contribution in [2.24, 2.45) is 12.5 Å². The van der Waals surface area contributed by atoms with Crippen LogP contribution in [0.5, 0.6) is 0 Å². The highest BCUT2D eigenvalue weighted by Crippen LogP contribution is 2.42. The molecular weight excluding hydrogens is 371 g/mol. The first-order chi connectivity index (χ1) is 14.0. The van der Waals surface area contributed by atoms with E-state index in [9.17, 15) is 4.79 Å². The number of rotatable bonds is 2. The van der Waals surface area contributed by atoms with Gasteiger partial charge in [0, 0.05) is 43.8 Å². The molecule has 3 aromatic rings. The second-order valence-electron chi connectivity index (χ2n) is 8.03. The molecule has 2 saturated heterocycles. The molecule has 0 radical (unpaired) electrons. The van der Waals surface area contributed by atoms with Gasteiger partial charge in [-0.05, 0) is 37.0 Å². The molecule has 4 heterocycles. The number of nitrogens with two attached hydrogens (primary N) is 1. The van der Waals surface area contributed by atoms with Crippen molar-refractivity contribution in [3.8, 4) is 11.1 Å². The van der Waals surface area contributed by atoms with Gasteiger partial charge in [-0.3, -0.25) is 9.48 Å². The average molecular weight is 394 g/mol. The highest BCUT2D eigenvalue weighted by Gasteiger charge is 2.44. The Labute approximate surface area is 167 Å². The van der Waals surface area contributed by atoms with Crippen LogP contribution < -0.4 is 16.0 Å². The lowest BCUT2D eigenvalue weighted by Gasteiger charge is -2.39. The van der Waals surface area contributed by atoms with E-state index in [2.05, 4.69) is 15.4 Å². The minimum atomic E-state index is -0.499. The van der Waals surface area contributed by atoms with Crippen molar-refractivity contribution in [3.05, 3.63) is 36.4 Å². The number of piperidine rings is 1. The molecule has 2 aliphatic rings. The van der Waals surface area contributed by atoms with Crippen LogP contribution in [0.4, 0.5) is 15.9 Å². The number of nitrogens with zero attached hydrogens (tertiary/aromatic N) is 4. The molecule has 0 atom stereocenters. The van der Waals surface area contributed by atoms with Gasteiger partial charge in [-0.1, -0.05) is 6.07 Å². The number of carbonyl (C=O) groups is 1. The van der Waals surface area contributed by atoms with Crippen LogP contribution in [0.15, 0.2) is 30.6 Å². The molecule has 2 fully saturated rings. The maximum Gasteiger partial charge on any atom is 0.226 e. The smallest absolute Gasteiger partial charge is 0.226 e. The number of benzene rings is 1. The summed E-state index contributed by atoms with van der Waals surface area (Å²) in [5.74, 6) is -0.472. The first-order valence-corrected chi connectivity index (χ1v) is 9.88. The Hall–Kier alpha value is -3.16. The van der Waals surface area contributed by atoms with Crippen LogP contribution in [0.2, 0.25) is 0 Å². The number of hydrogen-bond donors (Lipinski definition) is 2. The predicted octanol–water partition coefficient (Wildman–Crippen LogP) is 2.46. The number of carbonyl (C=O) groups excluding carboxylic acids is 1. The van der Waals surface area contributed by atoms with Gasteiger partial charge in [0.2, 0.25) is 5.91 Å².